The molecule has 122 valence electrons. The van der Waals surface area contributed by atoms with Crippen molar-refractivity contribution in [2.75, 3.05) is 6.61 Å². The highest BCUT2D eigenvalue weighted by molar-refractivity contribution is 9.11. The molecule has 3 nitrogen and oxygen atoms in total. The second-order valence-corrected chi connectivity index (χ2v) is 7.45. The van der Waals surface area contributed by atoms with Crippen molar-refractivity contribution >= 4 is 61.0 Å². The minimum atomic E-state index is -0.231. The SMILES string of the molecule is Cc1cc(Br)cc(Br)c1OCC(=O)NCc1ccc(Cl)cc1Cl. The Balaban J connectivity index is 1.91. The summed E-state index contributed by atoms with van der Waals surface area (Å²) in [7, 11) is 0. The van der Waals surface area contributed by atoms with E-state index in [4.69, 9.17) is 27.9 Å². The minimum absolute atomic E-state index is 0.0771. The topological polar surface area (TPSA) is 38.3 Å². The van der Waals surface area contributed by atoms with Gasteiger partial charge in [-0.05, 0) is 58.2 Å². The zero-order chi connectivity index (χ0) is 17.0. The smallest absolute Gasteiger partial charge is 0.258 e. The molecule has 0 fully saturated rings. The van der Waals surface area contributed by atoms with Crippen LogP contribution in [-0.4, -0.2) is 12.5 Å². The van der Waals surface area contributed by atoms with E-state index in [1.165, 1.54) is 0 Å². The van der Waals surface area contributed by atoms with Crippen molar-refractivity contribution in [1.82, 2.24) is 5.32 Å². The molecule has 0 aliphatic heterocycles. The summed E-state index contributed by atoms with van der Waals surface area (Å²) in [4.78, 5) is 11.9. The first-order chi connectivity index (χ1) is 10.9. The molecule has 0 aliphatic rings. The van der Waals surface area contributed by atoms with Crippen molar-refractivity contribution in [3.05, 3.63) is 60.4 Å². The van der Waals surface area contributed by atoms with Gasteiger partial charge in [-0.25, -0.2) is 0 Å². The molecule has 7 heteroatoms. The van der Waals surface area contributed by atoms with Gasteiger partial charge in [-0.3, -0.25) is 4.79 Å². The van der Waals surface area contributed by atoms with Gasteiger partial charge in [-0.1, -0.05) is 45.2 Å². The van der Waals surface area contributed by atoms with Crippen LogP contribution in [0, 0.1) is 6.92 Å². The summed E-state index contributed by atoms with van der Waals surface area (Å²) in [6, 6.07) is 8.94. The van der Waals surface area contributed by atoms with Gasteiger partial charge in [-0.2, -0.15) is 0 Å². The molecular weight excluding hydrogens is 469 g/mol. The standard InChI is InChI=1S/C16H13Br2Cl2NO2/c1-9-4-11(17)5-13(18)16(9)23-8-15(22)21-7-10-2-3-12(19)6-14(10)20/h2-6H,7-8H2,1H3,(H,21,22). The van der Waals surface area contributed by atoms with Crippen LogP contribution in [0.2, 0.25) is 10.0 Å². The number of amides is 1. The highest BCUT2D eigenvalue weighted by atomic mass is 79.9. The lowest BCUT2D eigenvalue weighted by Crippen LogP contribution is -2.28. The average molecular weight is 482 g/mol. The largest absolute Gasteiger partial charge is 0.482 e. The summed E-state index contributed by atoms with van der Waals surface area (Å²) in [5.74, 6) is 0.415. The lowest BCUT2D eigenvalue weighted by Gasteiger charge is -2.12. The van der Waals surface area contributed by atoms with Crippen molar-refractivity contribution in [2.24, 2.45) is 0 Å². The van der Waals surface area contributed by atoms with E-state index in [1.807, 2.05) is 19.1 Å². The number of aryl methyl sites for hydroxylation is 1. The van der Waals surface area contributed by atoms with E-state index in [1.54, 1.807) is 18.2 Å². The number of carbonyl (C=O) groups is 1. The fourth-order valence-corrected chi connectivity index (χ4v) is 3.95. The number of hydrogen-bond donors (Lipinski definition) is 1. The van der Waals surface area contributed by atoms with E-state index in [9.17, 15) is 4.79 Å². The van der Waals surface area contributed by atoms with Gasteiger partial charge in [0, 0.05) is 21.1 Å². The van der Waals surface area contributed by atoms with Crippen LogP contribution in [0.5, 0.6) is 5.75 Å². The first kappa shape index (κ1) is 18.6. The molecule has 0 saturated heterocycles. The van der Waals surface area contributed by atoms with Crippen LogP contribution in [0.15, 0.2) is 39.3 Å². The van der Waals surface area contributed by atoms with Crippen LogP contribution < -0.4 is 10.1 Å². The maximum Gasteiger partial charge on any atom is 0.258 e. The van der Waals surface area contributed by atoms with Crippen LogP contribution in [0.3, 0.4) is 0 Å². The van der Waals surface area contributed by atoms with E-state index >= 15 is 0 Å². The first-order valence-electron chi connectivity index (χ1n) is 6.66. The Morgan fingerprint density at radius 1 is 1.22 bits per heavy atom. The lowest BCUT2D eigenvalue weighted by molar-refractivity contribution is -0.123. The molecule has 0 spiro atoms. The van der Waals surface area contributed by atoms with Gasteiger partial charge in [-0.15, -0.1) is 0 Å². The van der Waals surface area contributed by atoms with E-state index < -0.39 is 0 Å². The molecule has 0 aliphatic carbocycles. The van der Waals surface area contributed by atoms with Gasteiger partial charge in [0.05, 0.1) is 4.47 Å². The van der Waals surface area contributed by atoms with Crippen LogP contribution >= 0.6 is 55.1 Å². The average Bonchev–Trinajstić information content (AvgIpc) is 2.45. The molecular formula is C16H13Br2Cl2NO2. The Labute approximate surface area is 161 Å². The molecule has 0 radical (unpaired) electrons. The number of carbonyl (C=O) groups excluding carboxylic acids is 1. The van der Waals surface area contributed by atoms with E-state index in [-0.39, 0.29) is 12.5 Å². The highest BCUT2D eigenvalue weighted by Crippen LogP contribution is 2.32. The highest BCUT2D eigenvalue weighted by Gasteiger charge is 2.10. The zero-order valence-corrected chi connectivity index (χ0v) is 16.8. The molecule has 2 rings (SSSR count). The van der Waals surface area contributed by atoms with Crippen LogP contribution in [0.1, 0.15) is 11.1 Å². The number of hydrogen-bond acceptors (Lipinski definition) is 2. The molecule has 2 aromatic rings. The summed E-state index contributed by atoms with van der Waals surface area (Å²) < 4.78 is 7.32. The summed E-state index contributed by atoms with van der Waals surface area (Å²) >= 11 is 18.7. The number of nitrogens with one attached hydrogen (secondary N) is 1. The maximum absolute atomic E-state index is 11.9. The van der Waals surface area contributed by atoms with Crippen molar-refractivity contribution in [2.45, 2.75) is 13.5 Å². The molecule has 0 saturated carbocycles. The Bertz CT molecular complexity index is 715. The summed E-state index contributed by atoms with van der Waals surface area (Å²) in [6.45, 7) is 2.15. The maximum atomic E-state index is 11.9. The summed E-state index contributed by atoms with van der Waals surface area (Å²) in [5, 5.41) is 3.84. The Morgan fingerprint density at radius 2 is 1.96 bits per heavy atom. The third-order valence-electron chi connectivity index (χ3n) is 3.03. The monoisotopic (exact) mass is 479 g/mol. The van der Waals surface area contributed by atoms with Crippen molar-refractivity contribution < 1.29 is 9.53 Å². The van der Waals surface area contributed by atoms with Crippen LogP contribution in [0.4, 0.5) is 0 Å². The third kappa shape index (κ3) is 5.38. The molecule has 0 heterocycles. The molecule has 0 bridgehead atoms. The molecule has 23 heavy (non-hydrogen) atoms. The van der Waals surface area contributed by atoms with Gasteiger partial charge >= 0.3 is 0 Å². The summed E-state index contributed by atoms with van der Waals surface area (Å²) in [6.07, 6.45) is 0. The summed E-state index contributed by atoms with van der Waals surface area (Å²) in [5.41, 5.74) is 1.73. The third-order valence-corrected chi connectivity index (χ3v) is 4.67. The lowest BCUT2D eigenvalue weighted by atomic mass is 10.2. The molecule has 0 aromatic heterocycles. The molecule has 2 aromatic carbocycles. The molecule has 1 N–H and O–H groups in total. The Kier molecular flexibility index (Phi) is 6.77. The zero-order valence-electron chi connectivity index (χ0n) is 12.1. The fourth-order valence-electron chi connectivity index (χ4n) is 1.92. The van der Waals surface area contributed by atoms with Crippen molar-refractivity contribution in [3.63, 3.8) is 0 Å². The van der Waals surface area contributed by atoms with Gasteiger partial charge in [0.2, 0.25) is 0 Å². The fraction of sp³-hybridized carbons (Fsp3) is 0.188. The van der Waals surface area contributed by atoms with Gasteiger partial charge in [0.25, 0.3) is 5.91 Å². The number of benzene rings is 2. The van der Waals surface area contributed by atoms with Crippen molar-refractivity contribution in [1.29, 1.82) is 0 Å². The second-order valence-electron chi connectivity index (χ2n) is 4.83. The van der Waals surface area contributed by atoms with Crippen molar-refractivity contribution in [3.8, 4) is 5.75 Å². The van der Waals surface area contributed by atoms with Gasteiger partial charge < -0.3 is 10.1 Å². The number of halogens is 4. The Hall–Kier alpha value is -0.750. The molecule has 1 amide bonds. The quantitative estimate of drug-likeness (QED) is 0.610. The molecule has 0 atom stereocenters. The van der Waals surface area contributed by atoms with Crippen LogP contribution in [0.25, 0.3) is 0 Å². The molecule has 0 unspecified atom stereocenters. The normalized spacial score (nSPS) is 10.5. The van der Waals surface area contributed by atoms with E-state index in [0.29, 0.717) is 22.3 Å². The van der Waals surface area contributed by atoms with E-state index in [2.05, 4.69) is 37.2 Å². The predicted octanol–water partition coefficient (Wildman–Crippen LogP) is 5.52. The minimum Gasteiger partial charge on any atom is -0.482 e. The van der Waals surface area contributed by atoms with E-state index in [0.717, 1.165) is 20.1 Å². The van der Waals surface area contributed by atoms with Gasteiger partial charge in [0.1, 0.15) is 5.75 Å². The number of rotatable bonds is 5. The Morgan fingerprint density at radius 3 is 2.61 bits per heavy atom. The van der Waals surface area contributed by atoms with Crippen LogP contribution in [-0.2, 0) is 11.3 Å². The predicted molar refractivity (Wildman–Crippen MR) is 100 cm³/mol. The van der Waals surface area contributed by atoms with Gasteiger partial charge in [0.15, 0.2) is 6.61 Å². The number of ether oxygens (including phenoxy) is 1. The first-order valence-corrected chi connectivity index (χ1v) is 9.00. The second kappa shape index (κ2) is 8.38.